The summed E-state index contributed by atoms with van der Waals surface area (Å²) in [5.74, 6) is -0.224. The van der Waals surface area contributed by atoms with Gasteiger partial charge in [0.1, 0.15) is 5.82 Å². The minimum atomic E-state index is -1.80. The molecule has 0 N–H and O–H groups in total. The molecular formula is C17H26ClFOSi. The summed E-state index contributed by atoms with van der Waals surface area (Å²) in [6, 6.07) is 4.89. The Labute approximate surface area is 134 Å². The van der Waals surface area contributed by atoms with Gasteiger partial charge in [0, 0.05) is 12.5 Å². The lowest BCUT2D eigenvalue weighted by molar-refractivity contribution is 0.263. The lowest BCUT2D eigenvalue weighted by Gasteiger charge is -2.37. The van der Waals surface area contributed by atoms with E-state index in [0.717, 1.165) is 12.0 Å². The summed E-state index contributed by atoms with van der Waals surface area (Å²) in [6.07, 6.45) is 2.66. The van der Waals surface area contributed by atoms with Crippen LogP contribution in [-0.4, -0.2) is 14.9 Å². The molecule has 1 unspecified atom stereocenters. The first-order chi connectivity index (χ1) is 9.58. The van der Waals surface area contributed by atoms with Crippen LogP contribution < -0.4 is 0 Å². The van der Waals surface area contributed by atoms with E-state index in [1.165, 1.54) is 6.07 Å². The van der Waals surface area contributed by atoms with Gasteiger partial charge in [0.25, 0.3) is 0 Å². The van der Waals surface area contributed by atoms with Crippen LogP contribution in [0.5, 0.6) is 0 Å². The summed E-state index contributed by atoms with van der Waals surface area (Å²) >= 11 is 5.89. The Morgan fingerprint density at radius 1 is 1.38 bits per heavy atom. The standard InChI is InChI=1S/C17H26ClFOSi/c1-7-8-14(12-20-21(5,6)17(2,3)4)13-9-10-16(19)15(18)11-13/h7,9-11,14H,1,8,12H2,2-6H3. The van der Waals surface area contributed by atoms with Gasteiger partial charge >= 0.3 is 0 Å². The van der Waals surface area contributed by atoms with Crippen molar-refractivity contribution in [2.75, 3.05) is 6.61 Å². The molecular weight excluding hydrogens is 303 g/mol. The monoisotopic (exact) mass is 328 g/mol. The summed E-state index contributed by atoms with van der Waals surface area (Å²) in [4.78, 5) is 0. The van der Waals surface area contributed by atoms with Crippen LogP contribution in [0.2, 0.25) is 23.2 Å². The quantitative estimate of drug-likeness (QED) is 0.449. The topological polar surface area (TPSA) is 9.23 Å². The maximum Gasteiger partial charge on any atom is 0.192 e. The van der Waals surface area contributed by atoms with Gasteiger partial charge in [-0.05, 0) is 42.2 Å². The molecule has 1 rings (SSSR count). The predicted octanol–water partition coefficient (Wildman–Crippen LogP) is 6.16. The van der Waals surface area contributed by atoms with Crippen molar-refractivity contribution in [3.05, 3.63) is 47.3 Å². The predicted molar refractivity (Wildman–Crippen MR) is 92.1 cm³/mol. The number of hydrogen-bond donors (Lipinski definition) is 0. The van der Waals surface area contributed by atoms with Gasteiger partial charge in [0.2, 0.25) is 0 Å². The van der Waals surface area contributed by atoms with Gasteiger partial charge in [0.05, 0.1) is 5.02 Å². The zero-order chi connectivity index (χ0) is 16.3. The van der Waals surface area contributed by atoms with Gasteiger partial charge in [-0.25, -0.2) is 4.39 Å². The van der Waals surface area contributed by atoms with Gasteiger partial charge in [-0.3, -0.25) is 0 Å². The van der Waals surface area contributed by atoms with Crippen LogP contribution in [0.4, 0.5) is 4.39 Å². The van der Waals surface area contributed by atoms with E-state index in [2.05, 4.69) is 40.4 Å². The summed E-state index contributed by atoms with van der Waals surface area (Å²) in [5, 5.41) is 0.334. The Hall–Kier alpha value is -0.643. The fourth-order valence-corrected chi connectivity index (χ4v) is 3.03. The molecule has 0 bridgehead atoms. The molecule has 0 heterocycles. The number of rotatable bonds is 6. The van der Waals surface area contributed by atoms with E-state index in [0.29, 0.717) is 6.61 Å². The van der Waals surface area contributed by atoms with E-state index >= 15 is 0 Å². The molecule has 0 fully saturated rings. The van der Waals surface area contributed by atoms with Crippen LogP contribution >= 0.6 is 11.6 Å². The molecule has 0 radical (unpaired) electrons. The number of halogens is 2. The van der Waals surface area contributed by atoms with Crippen LogP contribution in [0, 0.1) is 5.82 Å². The maximum atomic E-state index is 13.3. The van der Waals surface area contributed by atoms with Crippen LogP contribution in [0.15, 0.2) is 30.9 Å². The molecule has 0 aromatic heterocycles. The van der Waals surface area contributed by atoms with Gasteiger partial charge in [-0.1, -0.05) is 44.5 Å². The largest absolute Gasteiger partial charge is 0.416 e. The SMILES string of the molecule is C=CCC(CO[Si](C)(C)C(C)(C)C)c1ccc(F)c(Cl)c1. The Morgan fingerprint density at radius 3 is 2.48 bits per heavy atom. The van der Waals surface area contributed by atoms with Crippen molar-refractivity contribution < 1.29 is 8.82 Å². The molecule has 1 nitrogen and oxygen atoms in total. The van der Waals surface area contributed by atoms with Crippen molar-refractivity contribution in [2.24, 2.45) is 0 Å². The van der Waals surface area contributed by atoms with Crippen molar-refractivity contribution >= 4 is 19.9 Å². The molecule has 21 heavy (non-hydrogen) atoms. The smallest absolute Gasteiger partial charge is 0.192 e. The Morgan fingerprint density at radius 2 is 2.00 bits per heavy atom. The lowest BCUT2D eigenvalue weighted by atomic mass is 9.97. The highest BCUT2D eigenvalue weighted by molar-refractivity contribution is 6.74. The highest BCUT2D eigenvalue weighted by Gasteiger charge is 2.37. The van der Waals surface area contributed by atoms with Crippen molar-refractivity contribution in [2.45, 2.75) is 51.2 Å². The van der Waals surface area contributed by atoms with Crippen LogP contribution in [-0.2, 0) is 4.43 Å². The van der Waals surface area contributed by atoms with Gasteiger partial charge < -0.3 is 4.43 Å². The fraction of sp³-hybridized carbons (Fsp3) is 0.529. The van der Waals surface area contributed by atoms with E-state index < -0.39 is 8.32 Å². The zero-order valence-corrected chi connectivity index (χ0v) is 15.4. The minimum Gasteiger partial charge on any atom is -0.416 e. The molecule has 0 saturated carbocycles. The number of benzene rings is 1. The van der Waals surface area contributed by atoms with Gasteiger partial charge in [-0.2, -0.15) is 0 Å². The Bertz CT molecular complexity index is 494. The first-order valence-corrected chi connectivity index (χ1v) is 10.6. The molecule has 118 valence electrons. The van der Waals surface area contributed by atoms with Gasteiger partial charge in [-0.15, -0.1) is 6.58 Å². The molecule has 0 aliphatic rings. The second-order valence-corrected chi connectivity index (χ2v) is 12.2. The summed E-state index contributed by atoms with van der Waals surface area (Å²) in [5.41, 5.74) is 1.00. The molecule has 0 spiro atoms. The summed E-state index contributed by atoms with van der Waals surface area (Å²) in [6.45, 7) is 15.5. The molecule has 1 atom stereocenters. The Balaban J connectivity index is 2.88. The molecule has 0 amide bonds. The van der Waals surface area contributed by atoms with E-state index in [4.69, 9.17) is 16.0 Å². The van der Waals surface area contributed by atoms with Crippen molar-refractivity contribution in [3.63, 3.8) is 0 Å². The highest BCUT2D eigenvalue weighted by Crippen LogP contribution is 2.37. The van der Waals surface area contributed by atoms with Crippen molar-refractivity contribution in [1.82, 2.24) is 0 Å². The van der Waals surface area contributed by atoms with E-state index in [1.807, 2.05) is 6.08 Å². The highest BCUT2D eigenvalue weighted by atomic mass is 35.5. The third-order valence-electron chi connectivity index (χ3n) is 4.32. The molecule has 1 aromatic carbocycles. The minimum absolute atomic E-state index is 0.161. The lowest BCUT2D eigenvalue weighted by Crippen LogP contribution is -2.41. The first-order valence-electron chi connectivity index (χ1n) is 7.28. The van der Waals surface area contributed by atoms with Crippen molar-refractivity contribution in [1.29, 1.82) is 0 Å². The third kappa shape index (κ3) is 4.94. The average molecular weight is 329 g/mol. The van der Waals surface area contributed by atoms with E-state index in [-0.39, 0.29) is 21.8 Å². The number of allylic oxidation sites excluding steroid dienone is 1. The normalized spacial score (nSPS) is 14.0. The molecule has 0 aliphatic carbocycles. The second-order valence-electron chi connectivity index (χ2n) is 6.97. The van der Waals surface area contributed by atoms with Crippen LogP contribution in [0.1, 0.15) is 38.7 Å². The first kappa shape index (κ1) is 18.4. The van der Waals surface area contributed by atoms with Crippen molar-refractivity contribution in [3.8, 4) is 0 Å². The zero-order valence-electron chi connectivity index (χ0n) is 13.7. The van der Waals surface area contributed by atoms with Crippen LogP contribution in [0.25, 0.3) is 0 Å². The average Bonchev–Trinajstić information content (AvgIpc) is 2.36. The summed E-state index contributed by atoms with van der Waals surface area (Å²) < 4.78 is 19.6. The third-order valence-corrected chi connectivity index (χ3v) is 9.11. The Kier molecular flexibility index (Phi) is 6.20. The maximum absolute atomic E-state index is 13.3. The second kappa shape index (κ2) is 7.08. The molecule has 4 heteroatoms. The van der Waals surface area contributed by atoms with Crippen LogP contribution in [0.3, 0.4) is 0 Å². The molecule has 0 aliphatic heterocycles. The molecule has 1 aromatic rings. The fourth-order valence-electron chi connectivity index (χ4n) is 1.79. The molecule has 0 saturated heterocycles. The van der Waals surface area contributed by atoms with Gasteiger partial charge in [0.15, 0.2) is 8.32 Å². The van der Waals surface area contributed by atoms with E-state index in [9.17, 15) is 4.39 Å². The summed E-state index contributed by atoms with van der Waals surface area (Å²) in [7, 11) is -1.80. The van der Waals surface area contributed by atoms with E-state index in [1.54, 1.807) is 12.1 Å². The number of hydrogen-bond acceptors (Lipinski definition) is 1.